The number of aryl methyl sites for hydroxylation is 1. The molecule has 1 aromatic carbocycles. The van der Waals surface area contributed by atoms with Crippen LogP contribution in [0, 0.1) is 11.3 Å². The van der Waals surface area contributed by atoms with Gasteiger partial charge in [-0.15, -0.1) is 0 Å². The maximum Gasteiger partial charge on any atom is 0.236 e. The standard InChI is InChI=1S/C20H28N4O2/c1-22(12-6-11-21)20(26)17-23-13-15-24(16-14-23)19(25)10-5-9-18-7-3-2-4-8-18/h2-4,7-8H,5-6,9-10,12-17H2,1H3. The Morgan fingerprint density at radius 2 is 1.85 bits per heavy atom. The van der Waals surface area contributed by atoms with E-state index in [0.717, 1.165) is 25.9 Å². The van der Waals surface area contributed by atoms with Gasteiger partial charge in [0, 0.05) is 46.2 Å². The number of nitriles is 1. The van der Waals surface area contributed by atoms with Crippen molar-refractivity contribution in [3.05, 3.63) is 35.9 Å². The molecule has 1 fully saturated rings. The molecule has 2 rings (SSSR count). The number of piperazine rings is 1. The molecule has 0 aromatic heterocycles. The van der Waals surface area contributed by atoms with Crippen LogP contribution in [-0.4, -0.2) is 72.8 Å². The monoisotopic (exact) mass is 356 g/mol. The minimum Gasteiger partial charge on any atom is -0.344 e. The van der Waals surface area contributed by atoms with Gasteiger partial charge in [-0.25, -0.2) is 0 Å². The van der Waals surface area contributed by atoms with Crippen molar-refractivity contribution in [3.63, 3.8) is 0 Å². The third kappa shape index (κ3) is 6.49. The van der Waals surface area contributed by atoms with Crippen molar-refractivity contribution < 1.29 is 9.59 Å². The molecule has 0 atom stereocenters. The van der Waals surface area contributed by atoms with Crippen LogP contribution in [0.4, 0.5) is 0 Å². The van der Waals surface area contributed by atoms with Crippen molar-refractivity contribution in [3.8, 4) is 6.07 Å². The fourth-order valence-corrected chi connectivity index (χ4v) is 3.06. The van der Waals surface area contributed by atoms with Gasteiger partial charge in [0.25, 0.3) is 0 Å². The molecule has 1 heterocycles. The van der Waals surface area contributed by atoms with E-state index in [4.69, 9.17) is 5.26 Å². The molecule has 0 unspecified atom stereocenters. The van der Waals surface area contributed by atoms with Gasteiger partial charge in [-0.2, -0.15) is 5.26 Å². The van der Waals surface area contributed by atoms with Gasteiger partial charge in [0.15, 0.2) is 0 Å². The Morgan fingerprint density at radius 3 is 2.50 bits per heavy atom. The predicted molar refractivity (Wildman–Crippen MR) is 100 cm³/mol. The fourth-order valence-electron chi connectivity index (χ4n) is 3.06. The molecular weight excluding hydrogens is 328 g/mol. The number of rotatable bonds is 8. The lowest BCUT2D eigenvalue weighted by Crippen LogP contribution is -2.51. The van der Waals surface area contributed by atoms with Crippen molar-refractivity contribution in [2.75, 3.05) is 46.3 Å². The van der Waals surface area contributed by atoms with Gasteiger partial charge in [0.05, 0.1) is 19.0 Å². The second kappa shape index (κ2) is 10.6. The molecule has 140 valence electrons. The quantitative estimate of drug-likeness (QED) is 0.708. The molecule has 6 heteroatoms. The lowest BCUT2D eigenvalue weighted by atomic mass is 10.1. The summed E-state index contributed by atoms with van der Waals surface area (Å²) in [6, 6.07) is 12.3. The number of carbonyl (C=O) groups is 2. The van der Waals surface area contributed by atoms with Gasteiger partial charge >= 0.3 is 0 Å². The largest absolute Gasteiger partial charge is 0.344 e. The van der Waals surface area contributed by atoms with Crippen LogP contribution in [0.2, 0.25) is 0 Å². The van der Waals surface area contributed by atoms with Crippen molar-refractivity contribution in [2.45, 2.75) is 25.7 Å². The van der Waals surface area contributed by atoms with Gasteiger partial charge in [-0.1, -0.05) is 30.3 Å². The minimum atomic E-state index is 0.0305. The summed E-state index contributed by atoms with van der Waals surface area (Å²) < 4.78 is 0. The van der Waals surface area contributed by atoms with E-state index in [0.29, 0.717) is 39.0 Å². The maximum absolute atomic E-state index is 12.3. The highest BCUT2D eigenvalue weighted by atomic mass is 16.2. The first-order chi connectivity index (χ1) is 12.6. The lowest BCUT2D eigenvalue weighted by molar-refractivity contribution is -0.134. The van der Waals surface area contributed by atoms with E-state index in [1.165, 1.54) is 5.56 Å². The van der Waals surface area contributed by atoms with E-state index >= 15 is 0 Å². The van der Waals surface area contributed by atoms with Crippen LogP contribution in [0.25, 0.3) is 0 Å². The van der Waals surface area contributed by atoms with Crippen LogP contribution in [0.3, 0.4) is 0 Å². The van der Waals surface area contributed by atoms with Crippen LogP contribution in [0.5, 0.6) is 0 Å². The molecule has 1 aliphatic heterocycles. The molecule has 0 spiro atoms. The first kappa shape index (κ1) is 19.9. The molecular formula is C20H28N4O2. The van der Waals surface area contributed by atoms with Crippen LogP contribution in [-0.2, 0) is 16.0 Å². The number of hydrogen-bond donors (Lipinski definition) is 0. The summed E-state index contributed by atoms with van der Waals surface area (Å²) in [5.41, 5.74) is 1.27. The predicted octanol–water partition coefficient (Wildman–Crippen LogP) is 1.53. The zero-order valence-electron chi connectivity index (χ0n) is 15.6. The molecule has 0 bridgehead atoms. The number of benzene rings is 1. The molecule has 1 saturated heterocycles. The average Bonchev–Trinajstić information content (AvgIpc) is 2.67. The first-order valence-electron chi connectivity index (χ1n) is 9.25. The number of carbonyl (C=O) groups excluding carboxylic acids is 2. The van der Waals surface area contributed by atoms with Crippen LogP contribution in [0.15, 0.2) is 30.3 Å². The highest BCUT2D eigenvalue weighted by molar-refractivity contribution is 5.78. The van der Waals surface area contributed by atoms with Gasteiger partial charge in [0.1, 0.15) is 0 Å². The Morgan fingerprint density at radius 1 is 1.15 bits per heavy atom. The Kier molecular flexibility index (Phi) is 8.10. The topological polar surface area (TPSA) is 67.7 Å². The molecule has 0 radical (unpaired) electrons. The number of nitrogens with zero attached hydrogens (tertiary/aromatic N) is 4. The van der Waals surface area contributed by atoms with Crippen molar-refractivity contribution in [2.24, 2.45) is 0 Å². The van der Waals surface area contributed by atoms with Gasteiger partial charge in [0.2, 0.25) is 11.8 Å². The Labute approximate surface area is 156 Å². The van der Waals surface area contributed by atoms with E-state index in [1.54, 1.807) is 11.9 Å². The first-order valence-corrected chi connectivity index (χ1v) is 9.25. The second-order valence-electron chi connectivity index (χ2n) is 6.72. The van der Waals surface area contributed by atoms with Crippen LogP contribution < -0.4 is 0 Å². The summed E-state index contributed by atoms with van der Waals surface area (Å²) in [7, 11) is 1.73. The molecule has 0 N–H and O–H groups in total. The molecule has 0 saturated carbocycles. The number of amides is 2. The molecule has 1 aliphatic rings. The second-order valence-corrected chi connectivity index (χ2v) is 6.72. The van der Waals surface area contributed by atoms with E-state index < -0.39 is 0 Å². The molecule has 1 aromatic rings. The normalized spacial score (nSPS) is 14.7. The van der Waals surface area contributed by atoms with E-state index in [9.17, 15) is 9.59 Å². The number of likely N-dealkylation sites (N-methyl/N-ethyl adjacent to an activating group) is 1. The summed E-state index contributed by atoms with van der Waals surface area (Å²) in [6.07, 6.45) is 2.72. The van der Waals surface area contributed by atoms with E-state index in [-0.39, 0.29) is 11.8 Å². The highest BCUT2D eigenvalue weighted by Gasteiger charge is 2.22. The van der Waals surface area contributed by atoms with E-state index in [2.05, 4.69) is 23.1 Å². The summed E-state index contributed by atoms with van der Waals surface area (Å²) in [4.78, 5) is 30.0. The zero-order valence-corrected chi connectivity index (χ0v) is 15.6. The highest BCUT2D eigenvalue weighted by Crippen LogP contribution is 2.09. The summed E-state index contributed by atoms with van der Waals surface area (Å²) in [5, 5.41) is 8.59. The number of hydrogen-bond acceptors (Lipinski definition) is 4. The van der Waals surface area contributed by atoms with Crippen LogP contribution >= 0.6 is 0 Å². The third-order valence-corrected chi connectivity index (χ3v) is 4.77. The Hall–Kier alpha value is -2.39. The van der Waals surface area contributed by atoms with Gasteiger partial charge in [-0.05, 0) is 18.4 Å². The smallest absolute Gasteiger partial charge is 0.236 e. The van der Waals surface area contributed by atoms with Crippen LogP contribution in [0.1, 0.15) is 24.8 Å². The lowest BCUT2D eigenvalue weighted by Gasteiger charge is -2.35. The van der Waals surface area contributed by atoms with Gasteiger partial charge in [-0.3, -0.25) is 14.5 Å². The van der Waals surface area contributed by atoms with Gasteiger partial charge < -0.3 is 9.80 Å². The van der Waals surface area contributed by atoms with Crippen molar-refractivity contribution in [1.29, 1.82) is 5.26 Å². The van der Waals surface area contributed by atoms with E-state index in [1.807, 2.05) is 23.1 Å². The molecule has 0 aliphatic carbocycles. The third-order valence-electron chi connectivity index (χ3n) is 4.77. The summed E-state index contributed by atoms with van der Waals surface area (Å²) >= 11 is 0. The Balaban J connectivity index is 1.65. The zero-order chi connectivity index (χ0) is 18.8. The SMILES string of the molecule is CN(CCC#N)C(=O)CN1CCN(C(=O)CCCc2ccccc2)CC1. The molecule has 6 nitrogen and oxygen atoms in total. The Bertz CT molecular complexity index is 618. The summed E-state index contributed by atoms with van der Waals surface area (Å²) in [5.74, 6) is 0.237. The average molecular weight is 356 g/mol. The fraction of sp³-hybridized carbons (Fsp3) is 0.550. The maximum atomic E-state index is 12.3. The summed E-state index contributed by atoms with van der Waals surface area (Å²) in [6.45, 7) is 3.64. The minimum absolute atomic E-state index is 0.0305. The van der Waals surface area contributed by atoms with Crippen molar-refractivity contribution in [1.82, 2.24) is 14.7 Å². The molecule has 2 amide bonds. The molecule has 26 heavy (non-hydrogen) atoms. The van der Waals surface area contributed by atoms with Crippen molar-refractivity contribution >= 4 is 11.8 Å².